The van der Waals surface area contributed by atoms with Gasteiger partial charge in [-0.1, -0.05) is 24.0 Å². The smallest absolute Gasteiger partial charge is 0.279 e. The number of ether oxygens (including phenoxy) is 1. The number of aliphatic hydroxyl groups excluding tert-OH is 2. The Labute approximate surface area is 234 Å². The van der Waals surface area contributed by atoms with Crippen LogP contribution in [0.15, 0.2) is 48.5 Å². The van der Waals surface area contributed by atoms with Crippen LogP contribution in [-0.4, -0.2) is 72.0 Å². The molecule has 10 nitrogen and oxygen atoms in total. The number of hydrogen-bond acceptors (Lipinski definition) is 7. The van der Waals surface area contributed by atoms with Gasteiger partial charge in [-0.15, -0.1) is 0 Å². The quantitative estimate of drug-likeness (QED) is 0.201. The van der Waals surface area contributed by atoms with Crippen LogP contribution in [0.4, 0.5) is 0 Å². The summed E-state index contributed by atoms with van der Waals surface area (Å²) in [5, 5.41) is 21.5. The molecule has 214 valence electrons. The van der Waals surface area contributed by atoms with Gasteiger partial charge in [0.2, 0.25) is 0 Å². The minimum Gasteiger partial charge on any atom is -0.396 e. The van der Waals surface area contributed by atoms with Gasteiger partial charge in [0.1, 0.15) is 0 Å². The number of carbonyl (C=O) groups is 3. The first-order chi connectivity index (χ1) is 19.2. The molecule has 1 aliphatic heterocycles. The first-order valence-electron chi connectivity index (χ1n) is 13.3. The van der Waals surface area contributed by atoms with E-state index < -0.39 is 35.7 Å². The maximum atomic E-state index is 13.3. The van der Waals surface area contributed by atoms with E-state index in [1.807, 2.05) is 12.1 Å². The van der Waals surface area contributed by atoms with E-state index in [0.717, 1.165) is 28.9 Å². The number of rotatable bonds is 10. The van der Waals surface area contributed by atoms with E-state index in [1.165, 1.54) is 21.0 Å². The molecule has 3 atom stereocenters. The van der Waals surface area contributed by atoms with E-state index >= 15 is 0 Å². The lowest BCUT2D eigenvalue weighted by molar-refractivity contribution is -0.204. The molecule has 0 spiro atoms. The molecule has 2 aromatic rings. The maximum absolute atomic E-state index is 13.3. The van der Waals surface area contributed by atoms with Gasteiger partial charge in [-0.3, -0.25) is 14.4 Å². The summed E-state index contributed by atoms with van der Waals surface area (Å²) in [6.45, 7) is 1.91. The third-order valence-corrected chi connectivity index (χ3v) is 6.92. The van der Waals surface area contributed by atoms with Crippen molar-refractivity contribution in [1.29, 1.82) is 0 Å². The lowest BCUT2D eigenvalue weighted by atomic mass is 9.96. The summed E-state index contributed by atoms with van der Waals surface area (Å²) in [6.07, 6.45) is 2.19. The first kappa shape index (κ1) is 30.8. The Hall–Kier alpha value is -3.75. The molecule has 3 amide bonds. The molecule has 1 aliphatic rings. The van der Waals surface area contributed by atoms with Gasteiger partial charge in [0, 0.05) is 50.4 Å². The van der Waals surface area contributed by atoms with E-state index in [4.69, 9.17) is 14.7 Å². The molecule has 0 saturated carbocycles. The molecule has 0 aromatic heterocycles. The Morgan fingerprint density at radius 3 is 2.25 bits per heavy atom. The van der Waals surface area contributed by atoms with Crippen molar-refractivity contribution < 1.29 is 34.2 Å². The van der Waals surface area contributed by atoms with Gasteiger partial charge < -0.3 is 25.2 Å². The molecule has 0 bridgehead atoms. The van der Waals surface area contributed by atoms with Crippen molar-refractivity contribution in [1.82, 2.24) is 15.7 Å². The highest BCUT2D eigenvalue weighted by molar-refractivity contribution is 6.12. The monoisotopic (exact) mass is 551 g/mol. The van der Waals surface area contributed by atoms with Crippen LogP contribution < -0.4 is 10.8 Å². The SMILES string of the molecule is CNC(=O)[C@@](C)(C(=O)NOC1CCCCO1)N(C)C(=O)c1ccc(C#Cc2ccc(C(O)CCCO)cc2)cc1. The van der Waals surface area contributed by atoms with Gasteiger partial charge in [-0.2, -0.15) is 0 Å². The van der Waals surface area contributed by atoms with Crippen molar-refractivity contribution in [3.05, 3.63) is 70.8 Å². The zero-order valence-corrected chi connectivity index (χ0v) is 23.1. The predicted octanol–water partition coefficient (Wildman–Crippen LogP) is 2.04. The molecule has 0 aliphatic carbocycles. The second-order valence-electron chi connectivity index (χ2n) is 9.69. The third-order valence-electron chi connectivity index (χ3n) is 6.92. The van der Waals surface area contributed by atoms with Crippen LogP contribution in [-0.2, 0) is 19.2 Å². The Morgan fingerprint density at radius 1 is 1.07 bits per heavy atom. The lowest BCUT2D eigenvalue weighted by Gasteiger charge is -2.36. The Balaban J connectivity index is 1.68. The molecular weight excluding hydrogens is 514 g/mol. The van der Waals surface area contributed by atoms with E-state index in [2.05, 4.69) is 22.6 Å². The fraction of sp³-hybridized carbons (Fsp3) is 0.433. The van der Waals surface area contributed by atoms with E-state index in [9.17, 15) is 19.5 Å². The average Bonchev–Trinajstić information content (AvgIpc) is 3.00. The molecule has 0 radical (unpaired) electrons. The number of hydrogen-bond donors (Lipinski definition) is 4. The van der Waals surface area contributed by atoms with Crippen LogP contribution >= 0.6 is 0 Å². The molecule has 4 N–H and O–H groups in total. The summed E-state index contributed by atoms with van der Waals surface area (Å²) in [7, 11) is 2.77. The largest absolute Gasteiger partial charge is 0.396 e. The summed E-state index contributed by atoms with van der Waals surface area (Å²) in [4.78, 5) is 45.6. The van der Waals surface area contributed by atoms with Crippen LogP contribution in [0, 0.1) is 11.8 Å². The number of aliphatic hydroxyl groups is 2. The number of carbonyl (C=O) groups excluding carboxylic acids is 3. The van der Waals surface area contributed by atoms with Crippen LogP contribution in [0.3, 0.4) is 0 Å². The van der Waals surface area contributed by atoms with Crippen LogP contribution in [0.1, 0.15) is 72.2 Å². The molecule has 1 saturated heterocycles. The summed E-state index contributed by atoms with van der Waals surface area (Å²) < 4.78 is 5.44. The minimum atomic E-state index is -1.89. The molecule has 1 fully saturated rings. The molecule has 2 unspecified atom stereocenters. The molecule has 40 heavy (non-hydrogen) atoms. The Morgan fingerprint density at radius 2 is 1.70 bits per heavy atom. The van der Waals surface area contributed by atoms with Crippen molar-refractivity contribution in [2.75, 3.05) is 27.3 Å². The number of benzene rings is 2. The summed E-state index contributed by atoms with van der Waals surface area (Å²) in [6, 6.07) is 13.8. The maximum Gasteiger partial charge on any atom is 0.279 e. The van der Waals surface area contributed by atoms with Gasteiger partial charge in [0.15, 0.2) is 11.8 Å². The first-order valence-corrected chi connectivity index (χ1v) is 13.3. The zero-order valence-electron chi connectivity index (χ0n) is 23.1. The summed E-state index contributed by atoms with van der Waals surface area (Å²) in [5.74, 6) is 4.07. The molecule has 2 aromatic carbocycles. The highest BCUT2D eigenvalue weighted by Gasteiger charge is 2.47. The zero-order chi connectivity index (χ0) is 29.1. The number of hydroxylamine groups is 1. The fourth-order valence-electron chi connectivity index (χ4n) is 4.15. The summed E-state index contributed by atoms with van der Waals surface area (Å²) >= 11 is 0. The van der Waals surface area contributed by atoms with Gasteiger partial charge in [-0.05, 0) is 74.6 Å². The van der Waals surface area contributed by atoms with Gasteiger partial charge in [0.25, 0.3) is 17.7 Å². The van der Waals surface area contributed by atoms with E-state index in [0.29, 0.717) is 31.4 Å². The topological polar surface area (TPSA) is 137 Å². The van der Waals surface area contributed by atoms with E-state index in [1.54, 1.807) is 36.4 Å². The number of nitrogens with one attached hydrogen (secondary N) is 2. The molecule has 3 rings (SSSR count). The van der Waals surface area contributed by atoms with Gasteiger partial charge in [0.05, 0.1) is 6.10 Å². The number of nitrogens with zero attached hydrogens (tertiary/aromatic N) is 1. The average molecular weight is 552 g/mol. The van der Waals surface area contributed by atoms with Crippen molar-refractivity contribution in [3.63, 3.8) is 0 Å². The van der Waals surface area contributed by atoms with Crippen LogP contribution in [0.2, 0.25) is 0 Å². The van der Waals surface area contributed by atoms with Crippen LogP contribution in [0.25, 0.3) is 0 Å². The highest BCUT2D eigenvalue weighted by Crippen LogP contribution is 2.20. The predicted molar refractivity (Wildman–Crippen MR) is 148 cm³/mol. The summed E-state index contributed by atoms with van der Waals surface area (Å²) in [5.41, 5.74) is 2.86. The second-order valence-corrected chi connectivity index (χ2v) is 9.69. The Bertz CT molecular complexity index is 1210. The van der Waals surface area contributed by atoms with Gasteiger partial charge in [-0.25, -0.2) is 10.3 Å². The molecule has 10 heteroatoms. The van der Waals surface area contributed by atoms with Crippen molar-refractivity contribution in [2.45, 2.75) is 57.0 Å². The second kappa shape index (κ2) is 14.6. The Kier molecular flexibility index (Phi) is 11.2. The molecule has 1 heterocycles. The normalized spacial score (nSPS) is 17.0. The molecular formula is C30H37N3O7. The van der Waals surface area contributed by atoms with Gasteiger partial charge >= 0.3 is 0 Å². The van der Waals surface area contributed by atoms with Crippen LogP contribution in [0.5, 0.6) is 0 Å². The fourth-order valence-corrected chi connectivity index (χ4v) is 4.15. The van der Waals surface area contributed by atoms with E-state index in [-0.39, 0.29) is 12.2 Å². The standard InChI is InChI=1S/C30H37N3O7/c1-30(28(37)31-2,29(38)32-40-26-8-4-5-20-39-26)33(3)27(36)24-17-13-22(14-18-24)10-9-21-11-15-23(16-12-21)25(35)7-6-19-34/h11-18,25-26,34-35H,4-8,19-20H2,1-3H3,(H,31,37)(H,32,38)/t25?,26?,30-/m0/s1. The number of likely N-dealkylation sites (N-methyl/N-ethyl adjacent to an activating group) is 2. The third kappa shape index (κ3) is 7.67. The van der Waals surface area contributed by atoms with Crippen molar-refractivity contribution in [3.8, 4) is 11.8 Å². The minimum absolute atomic E-state index is 0.0369. The lowest BCUT2D eigenvalue weighted by Crippen LogP contribution is -2.65. The van der Waals surface area contributed by atoms with Crippen molar-refractivity contribution in [2.24, 2.45) is 0 Å². The van der Waals surface area contributed by atoms with Crippen molar-refractivity contribution >= 4 is 17.7 Å². The number of amides is 3. The highest BCUT2D eigenvalue weighted by atomic mass is 16.8.